The van der Waals surface area contributed by atoms with Crippen LogP contribution in [0.15, 0.2) is 48.5 Å². The van der Waals surface area contributed by atoms with E-state index in [0.717, 1.165) is 12.2 Å². The molecule has 0 radical (unpaired) electrons. The van der Waals surface area contributed by atoms with Gasteiger partial charge in [0.15, 0.2) is 0 Å². The number of benzene rings is 2. The average molecular weight is 306 g/mol. The molecule has 0 bridgehead atoms. The third-order valence-corrected chi connectivity index (χ3v) is 3.41. The molecule has 0 atom stereocenters. The Balaban J connectivity index is 0.00000220. The summed E-state index contributed by atoms with van der Waals surface area (Å²) in [6.45, 7) is 5.63. The Bertz CT molecular complexity index is 540. The SMILES string of the molecule is CC(C)c1ccc(CCN)c(OCc2ccccc2)c1.Cl. The standard InChI is InChI=1S/C18H23NO.ClH/c1-14(2)17-9-8-16(10-11-19)18(12-17)20-13-15-6-4-3-5-7-15;/h3-9,12,14H,10-11,13,19H2,1-2H3;1H. The van der Waals surface area contributed by atoms with Crippen molar-refractivity contribution in [2.24, 2.45) is 5.73 Å². The third-order valence-electron chi connectivity index (χ3n) is 3.41. The summed E-state index contributed by atoms with van der Waals surface area (Å²) in [7, 11) is 0. The molecule has 114 valence electrons. The van der Waals surface area contributed by atoms with E-state index in [1.54, 1.807) is 0 Å². The van der Waals surface area contributed by atoms with Crippen LogP contribution in [-0.4, -0.2) is 6.54 Å². The van der Waals surface area contributed by atoms with Gasteiger partial charge in [-0.25, -0.2) is 0 Å². The fraction of sp³-hybridized carbons (Fsp3) is 0.333. The van der Waals surface area contributed by atoms with Crippen molar-refractivity contribution >= 4 is 12.4 Å². The molecule has 0 saturated carbocycles. The fourth-order valence-electron chi connectivity index (χ4n) is 2.16. The van der Waals surface area contributed by atoms with E-state index in [-0.39, 0.29) is 12.4 Å². The highest BCUT2D eigenvalue weighted by molar-refractivity contribution is 5.85. The largest absolute Gasteiger partial charge is 0.489 e. The first-order valence-corrected chi connectivity index (χ1v) is 7.20. The predicted molar refractivity (Wildman–Crippen MR) is 91.3 cm³/mol. The Hall–Kier alpha value is -1.51. The van der Waals surface area contributed by atoms with Crippen molar-refractivity contribution in [2.45, 2.75) is 32.8 Å². The van der Waals surface area contributed by atoms with Crippen LogP contribution in [0.5, 0.6) is 5.75 Å². The number of nitrogens with two attached hydrogens (primary N) is 1. The van der Waals surface area contributed by atoms with Gasteiger partial charge in [0, 0.05) is 0 Å². The molecule has 0 fully saturated rings. The summed E-state index contributed by atoms with van der Waals surface area (Å²) in [5.41, 5.74) is 9.35. The Morgan fingerprint density at radius 1 is 1.05 bits per heavy atom. The molecule has 21 heavy (non-hydrogen) atoms. The summed E-state index contributed by atoms with van der Waals surface area (Å²) in [4.78, 5) is 0. The molecule has 0 aliphatic carbocycles. The number of ether oxygens (including phenoxy) is 1. The first kappa shape index (κ1) is 17.5. The van der Waals surface area contributed by atoms with Gasteiger partial charge in [0.2, 0.25) is 0 Å². The van der Waals surface area contributed by atoms with E-state index in [1.165, 1.54) is 16.7 Å². The summed E-state index contributed by atoms with van der Waals surface area (Å²) in [6, 6.07) is 16.7. The molecule has 2 aromatic rings. The van der Waals surface area contributed by atoms with Crippen LogP contribution in [0.1, 0.15) is 36.5 Å². The Kier molecular flexibility index (Phi) is 7.27. The van der Waals surface area contributed by atoms with Gasteiger partial charge in [-0.2, -0.15) is 0 Å². The second-order valence-corrected chi connectivity index (χ2v) is 5.33. The first-order valence-electron chi connectivity index (χ1n) is 7.20. The van der Waals surface area contributed by atoms with E-state index in [1.807, 2.05) is 18.2 Å². The van der Waals surface area contributed by atoms with Gasteiger partial charge in [-0.15, -0.1) is 12.4 Å². The molecule has 2 N–H and O–H groups in total. The molecule has 2 rings (SSSR count). The second-order valence-electron chi connectivity index (χ2n) is 5.33. The molecule has 0 amide bonds. The quantitative estimate of drug-likeness (QED) is 0.863. The van der Waals surface area contributed by atoms with Crippen molar-refractivity contribution in [3.63, 3.8) is 0 Å². The third kappa shape index (κ3) is 5.07. The van der Waals surface area contributed by atoms with Crippen molar-refractivity contribution in [3.8, 4) is 5.75 Å². The van der Waals surface area contributed by atoms with Crippen LogP contribution in [0.4, 0.5) is 0 Å². The van der Waals surface area contributed by atoms with Gasteiger partial charge in [-0.05, 0) is 41.6 Å². The molecule has 0 aliphatic heterocycles. The maximum atomic E-state index is 6.01. The fourth-order valence-corrected chi connectivity index (χ4v) is 2.16. The summed E-state index contributed by atoms with van der Waals surface area (Å²) < 4.78 is 6.01. The van der Waals surface area contributed by atoms with Crippen molar-refractivity contribution in [3.05, 3.63) is 65.2 Å². The minimum Gasteiger partial charge on any atom is -0.489 e. The summed E-state index contributed by atoms with van der Waals surface area (Å²) >= 11 is 0. The number of hydrogen-bond acceptors (Lipinski definition) is 2. The van der Waals surface area contributed by atoms with Crippen LogP contribution in [-0.2, 0) is 13.0 Å². The topological polar surface area (TPSA) is 35.2 Å². The van der Waals surface area contributed by atoms with Crippen molar-refractivity contribution in [1.82, 2.24) is 0 Å². The summed E-state index contributed by atoms with van der Waals surface area (Å²) in [6.07, 6.45) is 0.850. The molecule has 2 aromatic carbocycles. The molecule has 2 nitrogen and oxygen atoms in total. The van der Waals surface area contributed by atoms with Gasteiger partial charge in [0.1, 0.15) is 12.4 Å². The average Bonchev–Trinajstić information content (AvgIpc) is 2.47. The predicted octanol–water partition coefficient (Wildman–Crippen LogP) is 4.31. The minimum absolute atomic E-state index is 0. The van der Waals surface area contributed by atoms with Gasteiger partial charge < -0.3 is 10.5 Å². The number of hydrogen-bond donors (Lipinski definition) is 1. The van der Waals surface area contributed by atoms with Gasteiger partial charge >= 0.3 is 0 Å². The van der Waals surface area contributed by atoms with E-state index < -0.39 is 0 Å². The van der Waals surface area contributed by atoms with Crippen molar-refractivity contribution in [1.29, 1.82) is 0 Å². The smallest absolute Gasteiger partial charge is 0.123 e. The van der Waals surface area contributed by atoms with Crippen LogP contribution in [0.3, 0.4) is 0 Å². The molecule has 3 heteroatoms. The van der Waals surface area contributed by atoms with Gasteiger partial charge in [0.25, 0.3) is 0 Å². The molecule has 0 spiro atoms. The normalized spacial score (nSPS) is 10.3. The lowest BCUT2D eigenvalue weighted by Gasteiger charge is -2.14. The second kappa shape index (κ2) is 8.71. The van der Waals surface area contributed by atoms with E-state index in [4.69, 9.17) is 10.5 Å². The molecule has 0 heterocycles. The highest BCUT2D eigenvalue weighted by Crippen LogP contribution is 2.26. The molecule has 0 aliphatic rings. The van der Waals surface area contributed by atoms with Gasteiger partial charge in [0.05, 0.1) is 0 Å². The summed E-state index contributed by atoms with van der Waals surface area (Å²) in [5.74, 6) is 1.46. The lowest BCUT2D eigenvalue weighted by molar-refractivity contribution is 0.302. The molecule has 0 aromatic heterocycles. The number of halogens is 1. The van der Waals surface area contributed by atoms with Gasteiger partial charge in [-0.3, -0.25) is 0 Å². The van der Waals surface area contributed by atoms with Crippen LogP contribution in [0.25, 0.3) is 0 Å². The van der Waals surface area contributed by atoms with Crippen LogP contribution < -0.4 is 10.5 Å². The van der Waals surface area contributed by atoms with E-state index in [0.29, 0.717) is 19.1 Å². The molecule has 0 unspecified atom stereocenters. The van der Waals surface area contributed by atoms with Gasteiger partial charge in [-0.1, -0.05) is 56.3 Å². The lowest BCUT2D eigenvalue weighted by atomic mass is 10.00. The highest BCUT2D eigenvalue weighted by atomic mass is 35.5. The van der Waals surface area contributed by atoms with Crippen molar-refractivity contribution < 1.29 is 4.74 Å². The Morgan fingerprint density at radius 2 is 1.76 bits per heavy atom. The summed E-state index contributed by atoms with van der Waals surface area (Å²) in [5, 5.41) is 0. The molecular weight excluding hydrogens is 282 g/mol. The zero-order valence-corrected chi connectivity index (χ0v) is 13.5. The Labute approximate surface area is 133 Å². The zero-order valence-electron chi connectivity index (χ0n) is 12.7. The van der Waals surface area contributed by atoms with Crippen molar-refractivity contribution in [2.75, 3.05) is 6.54 Å². The lowest BCUT2D eigenvalue weighted by Crippen LogP contribution is -2.06. The number of rotatable bonds is 6. The maximum Gasteiger partial charge on any atom is 0.123 e. The minimum atomic E-state index is 0. The first-order chi connectivity index (χ1) is 9.70. The van der Waals surface area contributed by atoms with Crippen LogP contribution >= 0.6 is 12.4 Å². The molecule has 0 saturated heterocycles. The van der Waals surface area contributed by atoms with Crippen LogP contribution in [0.2, 0.25) is 0 Å². The van der Waals surface area contributed by atoms with E-state index in [2.05, 4.69) is 44.2 Å². The monoisotopic (exact) mass is 305 g/mol. The van der Waals surface area contributed by atoms with E-state index in [9.17, 15) is 0 Å². The van der Waals surface area contributed by atoms with E-state index >= 15 is 0 Å². The van der Waals surface area contributed by atoms with Crippen LogP contribution in [0, 0.1) is 0 Å². The molecular formula is C18H24ClNO. The maximum absolute atomic E-state index is 6.01. The Morgan fingerprint density at radius 3 is 2.38 bits per heavy atom. The highest BCUT2D eigenvalue weighted by Gasteiger charge is 2.07. The zero-order chi connectivity index (χ0) is 14.4.